The highest BCUT2D eigenvalue weighted by atomic mass is 16.5. The summed E-state index contributed by atoms with van der Waals surface area (Å²) in [4.78, 5) is 11.4. The van der Waals surface area contributed by atoms with Crippen molar-refractivity contribution < 1.29 is 14.6 Å². The number of ether oxygens (including phenoxy) is 1. The lowest BCUT2D eigenvalue weighted by Gasteiger charge is -2.61. The molecule has 1 spiro atoms. The second-order valence-corrected chi connectivity index (χ2v) is 10.7. The SMILES string of the molecule is CC(=O)O[C@@H]1CC[C@@]2(C)[C@H](CC[C@@H]3[C@@H]2CC[C@@]24C=CC[C@@H](O)[C@H]2CC[C@@H]34)C1. The van der Waals surface area contributed by atoms with Gasteiger partial charge in [0.2, 0.25) is 0 Å². The zero-order valence-electron chi connectivity index (χ0n) is 17.0. The van der Waals surface area contributed by atoms with Crippen LogP contribution in [0.15, 0.2) is 12.2 Å². The number of carbonyl (C=O) groups excluding carboxylic acids is 1. The molecule has 0 aliphatic heterocycles. The predicted molar refractivity (Wildman–Crippen MR) is 105 cm³/mol. The molecule has 5 aliphatic rings. The van der Waals surface area contributed by atoms with Crippen LogP contribution in [0.4, 0.5) is 0 Å². The minimum Gasteiger partial charge on any atom is -0.463 e. The third-order valence-electron chi connectivity index (χ3n) is 9.87. The fourth-order valence-corrected chi connectivity index (χ4v) is 8.80. The van der Waals surface area contributed by atoms with Crippen LogP contribution < -0.4 is 0 Å². The van der Waals surface area contributed by atoms with Crippen LogP contribution in [0.25, 0.3) is 0 Å². The monoisotopic (exact) mass is 372 g/mol. The van der Waals surface area contributed by atoms with E-state index in [0.717, 1.165) is 42.9 Å². The number of carbonyl (C=O) groups is 1. The van der Waals surface area contributed by atoms with Crippen molar-refractivity contribution in [2.75, 3.05) is 0 Å². The van der Waals surface area contributed by atoms with Crippen molar-refractivity contribution >= 4 is 5.97 Å². The van der Waals surface area contributed by atoms with Gasteiger partial charge in [-0.05, 0) is 105 Å². The Morgan fingerprint density at radius 1 is 1.04 bits per heavy atom. The molecule has 4 fully saturated rings. The summed E-state index contributed by atoms with van der Waals surface area (Å²) in [6.07, 6.45) is 16.9. The lowest BCUT2D eigenvalue weighted by Crippen LogP contribution is -2.55. The van der Waals surface area contributed by atoms with Gasteiger partial charge in [0.15, 0.2) is 0 Å². The molecular formula is C24H36O3. The van der Waals surface area contributed by atoms with Gasteiger partial charge in [-0.2, -0.15) is 0 Å². The van der Waals surface area contributed by atoms with Gasteiger partial charge in [-0.3, -0.25) is 4.79 Å². The lowest BCUT2D eigenvalue weighted by molar-refractivity contribution is -0.160. The first kappa shape index (κ1) is 18.2. The van der Waals surface area contributed by atoms with Crippen molar-refractivity contribution in [1.82, 2.24) is 0 Å². The summed E-state index contributed by atoms with van der Waals surface area (Å²) in [5.41, 5.74) is 0.729. The van der Waals surface area contributed by atoms with Crippen molar-refractivity contribution in [3.05, 3.63) is 12.2 Å². The molecule has 0 aromatic heterocycles. The van der Waals surface area contributed by atoms with Crippen molar-refractivity contribution in [2.24, 2.45) is 40.4 Å². The summed E-state index contributed by atoms with van der Waals surface area (Å²) >= 11 is 0. The Hall–Kier alpha value is -0.830. The second-order valence-electron chi connectivity index (χ2n) is 10.7. The largest absolute Gasteiger partial charge is 0.463 e. The summed E-state index contributed by atoms with van der Waals surface area (Å²) in [5, 5.41) is 10.7. The van der Waals surface area contributed by atoms with Gasteiger partial charge >= 0.3 is 5.97 Å². The molecular weight excluding hydrogens is 336 g/mol. The predicted octanol–water partition coefficient (Wildman–Crippen LogP) is 4.88. The zero-order valence-corrected chi connectivity index (χ0v) is 17.0. The number of allylic oxidation sites excluding steroid dienone is 1. The molecule has 3 heteroatoms. The van der Waals surface area contributed by atoms with Crippen molar-refractivity contribution in [3.8, 4) is 0 Å². The molecule has 3 nitrogen and oxygen atoms in total. The summed E-state index contributed by atoms with van der Waals surface area (Å²) in [5.74, 6) is 3.57. The van der Waals surface area contributed by atoms with Crippen LogP contribution in [-0.4, -0.2) is 23.3 Å². The molecule has 1 N–H and O–H groups in total. The average Bonchev–Trinajstić information content (AvgIpc) is 3.03. The number of esters is 1. The molecule has 0 saturated heterocycles. The Kier molecular flexibility index (Phi) is 4.28. The third kappa shape index (κ3) is 2.59. The van der Waals surface area contributed by atoms with Crippen LogP contribution in [0.1, 0.15) is 78.1 Å². The minimum absolute atomic E-state index is 0.109. The number of aliphatic hydroxyl groups excluding tert-OH is 1. The van der Waals surface area contributed by atoms with Gasteiger partial charge in [0.05, 0.1) is 6.10 Å². The first-order valence-electron chi connectivity index (χ1n) is 11.5. The number of aliphatic hydroxyl groups is 1. The quantitative estimate of drug-likeness (QED) is 0.527. The van der Waals surface area contributed by atoms with Gasteiger partial charge < -0.3 is 9.84 Å². The van der Waals surface area contributed by atoms with Crippen LogP contribution >= 0.6 is 0 Å². The highest BCUT2D eigenvalue weighted by molar-refractivity contribution is 5.66. The van der Waals surface area contributed by atoms with E-state index in [9.17, 15) is 9.90 Å². The van der Waals surface area contributed by atoms with Crippen molar-refractivity contribution in [2.45, 2.75) is 90.3 Å². The van der Waals surface area contributed by atoms with E-state index in [1.165, 1.54) is 44.9 Å². The molecule has 0 aromatic rings. The molecule has 150 valence electrons. The Morgan fingerprint density at radius 3 is 2.67 bits per heavy atom. The summed E-state index contributed by atoms with van der Waals surface area (Å²) in [7, 11) is 0. The van der Waals surface area contributed by atoms with E-state index < -0.39 is 0 Å². The molecule has 27 heavy (non-hydrogen) atoms. The second kappa shape index (κ2) is 6.34. The van der Waals surface area contributed by atoms with Crippen LogP contribution in [-0.2, 0) is 9.53 Å². The van der Waals surface area contributed by atoms with E-state index >= 15 is 0 Å². The average molecular weight is 373 g/mol. The van der Waals surface area contributed by atoms with E-state index in [2.05, 4.69) is 19.1 Å². The number of hydrogen-bond donors (Lipinski definition) is 1. The van der Waals surface area contributed by atoms with Crippen LogP contribution in [0.5, 0.6) is 0 Å². The summed E-state index contributed by atoms with van der Waals surface area (Å²) in [6.45, 7) is 4.11. The molecule has 0 heterocycles. The third-order valence-corrected chi connectivity index (χ3v) is 9.87. The molecule has 0 radical (unpaired) electrons. The molecule has 4 saturated carbocycles. The van der Waals surface area contributed by atoms with Crippen molar-refractivity contribution in [1.29, 1.82) is 0 Å². The van der Waals surface area contributed by atoms with Gasteiger partial charge in [-0.15, -0.1) is 0 Å². The standard InChI is InChI=1S/C24H36O3/c1-15(25)27-17-9-12-23(2)16(14-17)5-6-18-19(23)10-13-24-11-3-4-22(26)21(24)8-7-20(18)24/h3,11,16-22,26H,4-10,12-14H2,1-2H3/t16-,17-,18-,19+,20+,21-,22-,23+,24-/m1/s1. The lowest BCUT2D eigenvalue weighted by atomic mass is 9.44. The fraction of sp³-hybridized carbons (Fsp3) is 0.875. The minimum atomic E-state index is -0.114. The van der Waals surface area contributed by atoms with Gasteiger partial charge in [0.25, 0.3) is 0 Å². The molecule has 5 aliphatic carbocycles. The van der Waals surface area contributed by atoms with Gasteiger partial charge in [0, 0.05) is 6.92 Å². The smallest absolute Gasteiger partial charge is 0.302 e. The molecule has 0 amide bonds. The van der Waals surface area contributed by atoms with Crippen LogP contribution in [0.3, 0.4) is 0 Å². The topological polar surface area (TPSA) is 46.5 Å². The number of hydrogen-bond acceptors (Lipinski definition) is 3. The molecule has 0 bridgehead atoms. The van der Waals surface area contributed by atoms with Gasteiger partial charge in [-0.25, -0.2) is 0 Å². The van der Waals surface area contributed by atoms with Crippen molar-refractivity contribution in [3.63, 3.8) is 0 Å². The molecule has 9 atom stereocenters. The Bertz CT molecular complexity index is 642. The van der Waals surface area contributed by atoms with Gasteiger partial charge in [0.1, 0.15) is 6.10 Å². The van der Waals surface area contributed by atoms with E-state index in [1.54, 1.807) is 6.92 Å². The van der Waals surface area contributed by atoms with Crippen LogP contribution in [0.2, 0.25) is 0 Å². The maximum Gasteiger partial charge on any atom is 0.302 e. The maximum absolute atomic E-state index is 11.4. The number of rotatable bonds is 1. The normalized spacial score (nSPS) is 53.7. The zero-order chi connectivity index (χ0) is 18.8. The number of fused-ring (bicyclic) bond motifs is 4. The Labute approximate surface area is 163 Å². The maximum atomic E-state index is 11.4. The highest BCUT2D eigenvalue weighted by Gasteiger charge is 2.62. The highest BCUT2D eigenvalue weighted by Crippen LogP contribution is 2.69. The Balaban J connectivity index is 1.39. The van der Waals surface area contributed by atoms with E-state index in [0.29, 0.717) is 16.7 Å². The first-order valence-corrected chi connectivity index (χ1v) is 11.5. The molecule has 5 rings (SSSR count). The fourth-order valence-electron chi connectivity index (χ4n) is 8.80. The van der Waals surface area contributed by atoms with E-state index in [-0.39, 0.29) is 18.2 Å². The summed E-state index contributed by atoms with van der Waals surface area (Å²) in [6, 6.07) is 0. The van der Waals surface area contributed by atoms with E-state index in [1.807, 2.05) is 0 Å². The molecule has 0 aromatic carbocycles. The van der Waals surface area contributed by atoms with Gasteiger partial charge in [-0.1, -0.05) is 19.1 Å². The first-order chi connectivity index (χ1) is 12.9. The van der Waals surface area contributed by atoms with Crippen LogP contribution in [0, 0.1) is 40.4 Å². The summed E-state index contributed by atoms with van der Waals surface area (Å²) < 4.78 is 5.60. The molecule has 0 unspecified atom stereocenters. The van der Waals surface area contributed by atoms with E-state index in [4.69, 9.17) is 4.74 Å². The Morgan fingerprint density at radius 2 is 1.85 bits per heavy atom.